The van der Waals surface area contributed by atoms with E-state index in [0.29, 0.717) is 38.3 Å². The Bertz CT molecular complexity index is 766. The molecule has 1 saturated carbocycles. The van der Waals surface area contributed by atoms with Gasteiger partial charge in [0.2, 0.25) is 10.0 Å². The van der Waals surface area contributed by atoms with Crippen molar-refractivity contribution in [1.82, 2.24) is 9.21 Å². The molecule has 0 unspecified atom stereocenters. The summed E-state index contributed by atoms with van der Waals surface area (Å²) in [7, 11) is -1.79. The first-order valence-corrected chi connectivity index (χ1v) is 11.4. The van der Waals surface area contributed by atoms with Crippen LogP contribution in [0.3, 0.4) is 0 Å². The average molecular weight is 395 g/mol. The number of rotatable bonds is 5. The summed E-state index contributed by atoms with van der Waals surface area (Å²) in [5, 5.41) is 0. The topological polar surface area (TPSA) is 66.9 Å². The van der Waals surface area contributed by atoms with Gasteiger partial charge in [0, 0.05) is 31.7 Å². The smallest absolute Gasteiger partial charge is 0.253 e. The lowest BCUT2D eigenvalue weighted by Crippen LogP contribution is -2.41. The van der Waals surface area contributed by atoms with Crippen molar-refractivity contribution < 1.29 is 17.9 Å². The van der Waals surface area contributed by atoms with Crippen molar-refractivity contribution in [3.8, 4) is 0 Å². The van der Waals surface area contributed by atoms with Gasteiger partial charge in [-0.2, -0.15) is 4.31 Å². The fourth-order valence-corrected chi connectivity index (χ4v) is 5.71. The van der Waals surface area contributed by atoms with E-state index in [9.17, 15) is 13.2 Å². The quantitative estimate of drug-likeness (QED) is 0.770. The van der Waals surface area contributed by atoms with E-state index in [0.717, 1.165) is 31.2 Å². The maximum absolute atomic E-state index is 13.2. The maximum Gasteiger partial charge on any atom is 0.253 e. The third-order valence-electron chi connectivity index (χ3n) is 5.73. The van der Waals surface area contributed by atoms with Gasteiger partial charge in [-0.1, -0.05) is 32.3 Å². The van der Waals surface area contributed by atoms with Crippen molar-refractivity contribution >= 4 is 15.9 Å². The van der Waals surface area contributed by atoms with Gasteiger partial charge in [0.15, 0.2) is 0 Å². The van der Waals surface area contributed by atoms with Gasteiger partial charge in [0.05, 0.1) is 18.1 Å². The number of hydrogen-bond acceptors (Lipinski definition) is 4. The number of benzene rings is 1. The highest BCUT2D eigenvalue weighted by molar-refractivity contribution is 7.89. The minimum Gasteiger partial charge on any atom is -0.379 e. The van der Waals surface area contributed by atoms with Gasteiger partial charge in [-0.15, -0.1) is 0 Å². The van der Waals surface area contributed by atoms with Crippen LogP contribution in [-0.4, -0.2) is 62.9 Å². The van der Waals surface area contributed by atoms with Crippen LogP contribution in [0.4, 0.5) is 0 Å². The summed E-state index contributed by atoms with van der Waals surface area (Å²) in [6, 6.07) is 5.37. The summed E-state index contributed by atoms with van der Waals surface area (Å²) in [4.78, 5) is 15.1. The summed E-state index contributed by atoms with van der Waals surface area (Å²) in [5.41, 5.74) is 1.20. The van der Waals surface area contributed by atoms with Crippen LogP contribution >= 0.6 is 0 Å². The molecule has 0 N–H and O–H groups in total. The van der Waals surface area contributed by atoms with Gasteiger partial charge in [0.25, 0.3) is 5.91 Å². The van der Waals surface area contributed by atoms with Crippen LogP contribution in [-0.2, 0) is 21.2 Å². The van der Waals surface area contributed by atoms with Crippen LogP contribution in [0.15, 0.2) is 23.1 Å². The number of carbonyl (C=O) groups excluding carboxylic acids is 1. The zero-order valence-electron chi connectivity index (χ0n) is 16.3. The summed E-state index contributed by atoms with van der Waals surface area (Å²) < 4.78 is 33.1. The second kappa shape index (κ2) is 8.71. The number of sulfonamides is 1. The number of nitrogens with zero attached hydrogens (tertiary/aromatic N) is 2. The van der Waals surface area contributed by atoms with Crippen molar-refractivity contribution in [2.75, 3.05) is 33.4 Å². The van der Waals surface area contributed by atoms with Crippen LogP contribution in [0.1, 0.15) is 54.9 Å². The molecule has 0 spiro atoms. The van der Waals surface area contributed by atoms with Crippen molar-refractivity contribution in [3.63, 3.8) is 0 Å². The Morgan fingerprint density at radius 1 is 1.19 bits per heavy atom. The van der Waals surface area contributed by atoms with E-state index in [2.05, 4.69) is 0 Å². The fraction of sp³-hybridized carbons (Fsp3) is 0.650. The Morgan fingerprint density at radius 2 is 1.85 bits per heavy atom. The van der Waals surface area contributed by atoms with Crippen molar-refractivity contribution in [3.05, 3.63) is 29.3 Å². The number of amides is 1. The van der Waals surface area contributed by atoms with Crippen LogP contribution in [0, 0.1) is 0 Å². The Balaban J connectivity index is 1.89. The zero-order valence-corrected chi connectivity index (χ0v) is 17.1. The van der Waals surface area contributed by atoms with E-state index in [1.165, 1.54) is 10.7 Å². The molecule has 1 saturated heterocycles. The molecular weight excluding hydrogens is 364 g/mol. The maximum atomic E-state index is 13.2. The first-order chi connectivity index (χ1) is 12.9. The van der Waals surface area contributed by atoms with Gasteiger partial charge in [0.1, 0.15) is 0 Å². The summed E-state index contributed by atoms with van der Waals surface area (Å²) in [5.74, 6) is -0.0945. The SMILES string of the molecule is CCc1ccc(C(=O)N(C)C2CCCCC2)cc1S(=O)(=O)N1CCOCC1. The van der Waals surface area contributed by atoms with Gasteiger partial charge >= 0.3 is 0 Å². The molecule has 0 radical (unpaired) electrons. The normalized spacial score (nSPS) is 19.8. The van der Waals surface area contributed by atoms with E-state index >= 15 is 0 Å². The minimum atomic E-state index is -3.63. The van der Waals surface area contributed by atoms with Crippen LogP contribution in [0.2, 0.25) is 0 Å². The minimum absolute atomic E-state index is 0.0945. The van der Waals surface area contributed by atoms with E-state index in [4.69, 9.17) is 4.74 Å². The molecule has 1 aliphatic carbocycles. The standard InChI is InChI=1S/C20H30N2O4S/c1-3-16-9-10-17(20(23)21(2)18-7-5-4-6-8-18)15-19(16)27(24,25)22-11-13-26-14-12-22/h9-10,15,18H,3-8,11-14H2,1-2H3. The Kier molecular flexibility index (Phi) is 6.55. The molecular formula is C20H30N2O4S. The second-order valence-electron chi connectivity index (χ2n) is 7.40. The van der Waals surface area contributed by atoms with Gasteiger partial charge in [-0.25, -0.2) is 8.42 Å². The highest BCUT2D eigenvalue weighted by atomic mass is 32.2. The molecule has 1 heterocycles. The molecule has 0 atom stereocenters. The molecule has 6 nitrogen and oxygen atoms in total. The summed E-state index contributed by atoms with van der Waals surface area (Å²) >= 11 is 0. The lowest BCUT2D eigenvalue weighted by atomic mass is 9.94. The van der Waals surface area contributed by atoms with E-state index in [1.54, 1.807) is 23.1 Å². The number of carbonyl (C=O) groups is 1. The molecule has 1 aromatic carbocycles. The molecule has 2 fully saturated rings. The van der Waals surface area contributed by atoms with Crippen LogP contribution in [0.5, 0.6) is 0 Å². The number of hydrogen-bond donors (Lipinski definition) is 0. The van der Waals surface area contributed by atoms with Gasteiger partial charge in [-0.3, -0.25) is 4.79 Å². The molecule has 2 aliphatic rings. The highest BCUT2D eigenvalue weighted by Gasteiger charge is 2.30. The molecule has 0 bridgehead atoms. The van der Waals surface area contributed by atoms with E-state index < -0.39 is 10.0 Å². The fourth-order valence-electron chi connectivity index (χ4n) is 3.98. The first-order valence-electron chi connectivity index (χ1n) is 9.93. The average Bonchev–Trinajstić information content (AvgIpc) is 2.73. The Morgan fingerprint density at radius 3 is 2.48 bits per heavy atom. The monoisotopic (exact) mass is 394 g/mol. The van der Waals surface area contributed by atoms with E-state index in [1.807, 2.05) is 14.0 Å². The Labute approximate surface area is 162 Å². The second-order valence-corrected chi connectivity index (χ2v) is 9.31. The summed E-state index contributed by atoms with van der Waals surface area (Å²) in [6.45, 7) is 3.45. The third-order valence-corrected chi connectivity index (χ3v) is 7.71. The third kappa shape index (κ3) is 4.36. The first kappa shape index (κ1) is 20.3. The molecule has 1 amide bonds. The molecule has 1 aromatic rings. The number of morpholine rings is 1. The van der Waals surface area contributed by atoms with E-state index in [-0.39, 0.29) is 16.8 Å². The zero-order chi connectivity index (χ0) is 19.4. The Hall–Kier alpha value is -1.44. The largest absolute Gasteiger partial charge is 0.379 e. The molecule has 150 valence electrons. The summed E-state index contributed by atoms with van der Waals surface area (Å²) in [6.07, 6.45) is 6.17. The molecule has 1 aliphatic heterocycles. The lowest BCUT2D eigenvalue weighted by molar-refractivity contribution is 0.0695. The highest BCUT2D eigenvalue weighted by Crippen LogP contribution is 2.26. The predicted molar refractivity (Wildman–Crippen MR) is 104 cm³/mol. The van der Waals surface area contributed by atoms with Crippen molar-refractivity contribution in [2.24, 2.45) is 0 Å². The molecule has 3 rings (SSSR count). The predicted octanol–water partition coefficient (Wildman–Crippen LogP) is 2.67. The van der Waals surface area contributed by atoms with Crippen LogP contribution < -0.4 is 0 Å². The van der Waals surface area contributed by atoms with Crippen LogP contribution in [0.25, 0.3) is 0 Å². The molecule has 0 aromatic heterocycles. The van der Waals surface area contributed by atoms with Gasteiger partial charge in [-0.05, 0) is 37.0 Å². The van der Waals surface area contributed by atoms with Crippen molar-refractivity contribution in [2.45, 2.75) is 56.4 Å². The van der Waals surface area contributed by atoms with Gasteiger partial charge < -0.3 is 9.64 Å². The number of aryl methyl sites for hydroxylation is 1. The molecule has 27 heavy (non-hydrogen) atoms. The molecule has 7 heteroatoms. The van der Waals surface area contributed by atoms with Crippen molar-refractivity contribution in [1.29, 1.82) is 0 Å². The number of ether oxygens (including phenoxy) is 1. The lowest BCUT2D eigenvalue weighted by Gasteiger charge is -2.31.